The van der Waals surface area contributed by atoms with Gasteiger partial charge in [0.15, 0.2) is 0 Å². The molecule has 3 atom stereocenters. The minimum Gasteiger partial charge on any atom is -0.379 e. The summed E-state index contributed by atoms with van der Waals surface area (Å²) in [4.78, 5) is 0. The molecule has 1 aromatic carbocycles. The summed E-state index contributed by atoms with van der Waals surface area (Å²) < 4.78 is 5.63. The van der Waals surface area contributed by atoms with Gasteiger partial charge in [0.1, 0.15) is 0 Å². The van der Waals surface area contributed by atoms with Crippen molar-refractivity contribution in [2.45, 2.75) is 37.8 Å². The number of hydrogen-bond acceptors (Lipinski definition) is 3. The van der Waals surface area contributed by atoms with Crippen LogP contribution in [-0.4, -0.2) is 38.4 Å². The van der Waals surface area contributed by atoms with Crippen LogP contribution in [0.2, 0.25) is 0 Å². The van der Waals surface area contributed by atoms with Gasteiger partial charge in [0.25, 0.3) is 0 Å². The highest BCUT2D eigenvalue weighted by Gasteiger charge is 2.34. The Bertz CT molecular complexity index is 395. The van der Waals surface area contributed by atoms with Crippen LogP contribution in [-0.2, 0) is 11.2 Å². The second-order valence-electron chi connectivity index (χ2n) is 6.03. The van der Waals surface area contributed by atoms with E-state index in [1.165, 1.54) is 24.8 Å². The summed E-state index contributed by atoms with van der Waals surface area (Å²) in [5, 5.41) is 7.42. The average Bonchev–Trinajstić information content (AvgIpc) is 2.98. The predicted molar refractivity (Wildman–Crippen MR) is 89.1 cm³/mol. The SMILES string of the molecule is Cl.c1ccc(CCNC2CCCC2C2COCCN2)cc1. The molecule has 3 unspecified atom stereocenters. The molecule has 1 saturated carbocycles. The van der Waals surface area contributed by atoms with E-state index in [0.29, 0.717) is 12.1 Å². The molecule has 0 spiro atoms. The highest BCUT2D eigenvalue weighted by molar-refractivity contribution is 5.85. The van der Waals surface area contributed by atoms with Gasteiger partial charge in [-0.15, -0.1) is 12.4 Å². The molecule has 118 valence electrons. The molecule has 0 aromatic heterocycles. The highest BCUT2D eigenvalue weighted by Crippen LogP contribution is 2.29. The number of hydrogen-bond donors (Lipinski definition) is 2. The predicted octanol–water partition coefficient (Wildman–Crippen LogP) is 2.40. The zero-order valence-electron chi connectivity index (χ0n) is 12.6. The third-order valence-electron chi connectivity index (χ3n) is 4.70. The molecule has 3 rings (SSSR count). The molecule has 1 aromatic rings. The van der Waals surface area contributed by atoms with Crippen LogP contribution in [0.3, 0.4) is 0 Å². The molecule has 1 aliphatic heterocycles. The van der Waals surface area contributed by atoms with E-state index in [4.69, 9.17) is 4.74 Å². The summed E-state index contributed by atoms with van der Waals surface area (Å²) in [6.07, 6.45) is 5.13. The smallest absolute Gasteiger partial charge is 0.0623 e. The molecule has 0 bridgehead atoms. The zero-order valence-corrected chi connectivity index (χ0v) is 13.4. The molecule has 2 fully saturated rings. The fraction of sp³-hybridized carbons (Fsp3) is 0.647. The molecular weight excluding hydrogens is 284 g/mol. The molecule has 1 saturated heterocycles. The average molecular weight is 311 g/mol. The number of morpholine rings is 1. The second kappa shape index (κ2) is 8.74. The van der Waals surface area contributed by atoms with Gasteiger partial charge >= 0.3 is 0 Å². The van der Waals surface area contributed by atoms with Crippen molar-refractivity contribution in [1.82, 2.24) is 10.6 Å². The van der Waals surface area contributed by atoms with Crippen LogP contribution in [0.1, 0.15) is 24.8 Å². The van der Waals surface area contributed by atoms with E-state index < -0.39 is 0 Å². The summed E-state index contributed by atoms with van der Waals surface area (Å²) in [5.41, 5.74) is 1.42. The Kier molecular flexibility index (Phi) is 6.97. The molecule has 0 radical (unpaired) electrons. The fourth-order valence-corrected chi connectivity index (χ4v) is 3.63. The number of nitrogens with one attached hydrogen (secondary N) is 2. The molecule has 21 heavy (non-hydrogen) atoms. The van der Waals surface area contributed by atoms with Gasteiger partial charge in [0.05, 0.1) is 13.2 Å². The van der Waals surface area contributed by atoms with E-state index in [2.05, 4.69) is 41.0 Å². The molecule has 0 amide bonds. The lowest BCUT2D eigenvalue weighted by atomic mass is 9.94. The van der Waals surface area contributed by atoms with E-state index >= 15 is 0 Å². The maximum Gasteiger partial charge on any atom is 0.0623 e. The van der Waals surface area contributed by atoms with Gasteiger partial charge in [-0.3, -0.25) is 0 Å². The monoisotopic (exact) mass is 310 g/mol. The number of rotatable bonds is 5. The summed E-state index contributed by atoms with van der Waals surface area (Å²) in [5.74, 6) is 0.742. The first kappa shape index (κ1) is 16.8. The topological polar surface area (TPSA) is 33.3 Å². The van der Waals surface area contributed by atoms with Gasteiger partial charge in [-0.2, -0.15) is 0 Å². The summed E-state index contributed by atoms with van der Waals surface area (Å²) in [6.45, 7) is 3.85. The Hall–Kier alpha value is -0.610. The minimum atomic E-state index is 0. The van der Waals surface area contributed by atoms with Gasteiger partial charge in [0.2, 0.25) is 0 Å². The second-order valence-corrected chi connectivity index (χ2v) is 6.03. The standard InChI is InChI=1S/C17H26N2O.ClH/c1-2-5-14(6-3-1)9-10-18-16-8-4-7-15(16)17-13-20-12-11-19-17;/h1-3,5-6,15-19H,4,7-13H2;1H. The quantitative estimate of drug-likeness (QED) is 0.876. The van der Waals surface area contributed by atoms with Crippen molar-refractivity contribution in [2.24, 2.45) is 5.92 Å². The maximum atomic E-state index is 5.63. The van der Waals surface area contributed by atoms with Crippen LogP contribution in [0.25, 0.3) is 0 Å². The van der Waals surface area contributed by atoms with Crippen LogP contribution in [0.5, 0.6) is 0 Å². The Labute approximate surface area is 134 Å². The lowest BCUT2D eigenvalue weighted by molar-refractivity contribution is 0.0526. The van der Waals surface area contributed by atoms with Gasteiger partial charge < -0.3 is 15.4 Å². The van der Waals surface area contributed by atoms with E-state index in [1.807, 2.05) is 0 Å². The molecule has 3 nitrogen and oxygen atoms in total. The van der Waals surface area contributed by atoms with Gasteiger partial charge in [-0.1, -0.05) is 36.8 Å². The van der Waals surface area contributed by atoms with Crippen molar-refractivity contribution in [2.75, 3.05) is 26.3 Å². The molecule has 1 aliphatic carbocycles. The van der Waals surface area contributed by atoms with Crippen molar-refractivity contribution >= 4 is 12.4 Å². The number of ether oxygens (including phenoxy) is 1. The van der Waals surface area contributed by atoms with E-state index in [-0.39, 0.29) is 12.4 Å². The van der Waals surface area contributed by atoms with Crippen LogP contribution >= 0.6 is 12.4 Å². The third-order valence-corrected chi connectivity index (χ3v) is 4.70. The molecule has 1 heterocycles. The number of benzene rings is 1. The van der Waals surface area contributed by atoms with Gasteiger partial charge in [0, 0.05) is 18.6 Å². The van der Waals surface area contributed by atoms with Crippen molar-refractivity contribution < 1.29 is 4.74 Å². The summed E-state index contributed by atoms with van der Waals surface area (Å²) in [7, 11) is 0. The Morgan fingerprint density at radius 3 is 2.81 bits per heavy atom. The van der Waals surface area contributed by atoms with Crippen LogP contribution < -0.4 is 10.6 Å². The van der Waals surface area contributed by atoms with Crippen LogP contribution in [0.4, 0.5) is 0 Å². The largest absolute Gasteiger partial charge is 0.379 e. The lowest BCUT2D eigenvalue weighted by Gasteiger charge is -2.33. The first-order valence-corrected chi connectivity index (χ1v) is 8.02. The molecular formula is C17H27ClN2O. The van der Waals surface area contributed by atoms with Gasteiger partial charge in [-0.25, -0.2) is 0 Å². The lowest BCUT2D eigenvalue weighted by Crippen LogP contribution is -2.51. The Balaban J connectivity index is 0.00000161. The van der Waals surface area contributed by atoms with Crippen LogP contribution in [0.15, 0.2) is 30.3 Å². The maximum absolute atomic E-state index is 5.63. The fourth-order valence-electron chi connectivity index (χ4n) is 3.63. The van der Waals surface area contributed by atoms with Gasteiger partial charge in [-0.05, 0) is 37.3 Å². The zero-order chi connectivity index (χ0) is 13.6. The van der Waals surface area contributed by atoms with Crippen molar-refractivity contribution in [1.29, 1.82) is 0 Å². The van der Waals surface area contributed by atoms with Crippen molar-refractivity contribution in [3.63, 3.8) is 0 Å². The van der Waals surface area contributed by atoms with Crippen molar-refractivity contribution in [3.05, 3.63) is 35.9 Å². The summed E-state index contributed by atoms with van der Waals surface area (Å²) in [6, 6.07) is 12.0. The normalized spacial score (nSPS) is 29.0. The molecule has 2 aliphatic rings. The minimum absolute atomic E-state index is 0. The molecule has 4 heteroatoms. The van der Waals surface area contributed by atoms with Crippen LogP contribution in [0, 0.1) is 5.92 Å². The Morgan fingerprint density at radius 1 is 1.19 bits per heavy atom. The van der Waals surface area contributed by atoms with Crippen molar-refractivity contribution in [3.8, 4) is 0 Å². The first-order chi connectivity index (χ1) is 9.93. The number of halogens is 1. The first-order valence-electron chi connectivity index (χ1n) is 8.02. The van der Waals surface area contributed by atoms with E-state index in [0.717, 1.165) is 38.6 Å². The van der Waals surface area contributed by atoms with E-state index in [9.17, 15) is 0 Å². The Morgan fingerprint density at radius 2 is 2.05 bits per heavy atom. The van der Waals surface area contributed by atoms with E-state index in [1.54, 1.807) is 0 Å². The highest BCUT2D eigenvalue weighted by atomic mass is 35.5. The third kappa shape index (κ3) is 4.68. The molecule has 2 N–H and O–H groups in total. The summed E-state index contributed by atoms with van der Waals surface area (Å²) >= 11 is 0.